The van der Waals surface area contributed by atoms with Gasteiger partial charge in [0.25, 0.3) is 0 Å². The molecule has 0 radical (unpaired) electrons. The molecule has 1 saturated carbocycles. The minimum absolute atomic E-state index is 0.0890. The summed E-state index contributed by atoms with van der Waals surface area (Å²) in [5.41, 5.74) is -0.0890. The molecule has 2 heterocycles. The summed E-state index contributed by atoms with van der Waals surface area (Å²) in [4.78, 5) is 25.6. The van der Waals surface area contributed by atoms with Gasteiger partial charge in [0, 0.05) is 40.0 Å². The monoisotopic (exact) mass is 340 g/mol. The van der Waals surface area contributed by atoms with Gasteiger partial charge in [-0.15, -0.1) is 0 Å². The van der Waals surface area contributed by atoms with Gasteiger partial charge in [-0.2, -0.15) is 0 Å². The molecule has 2 amide bonds. The molecule has 2 aliphatic heterocycles. The second-order valence-corrected chi connectivity index (χ2v) is 7.35. The van der Waals surface area contributed by atoms with Crippen LogP contribution in [0.1, 0.15) is 51.9 Å². The lowest BCUT2D eigenvalue weighted by molar-refractivity contribution is -0.192. The normalized spacial score (nSPS) is 24.1. The number of carbonyl (C=O) groups excluding carboxylic acids is 2. The Bertz CT molecular complexity index is 423. The zero-order valence-corrected chi connectivity index (χ0v) is 15.4. The van der Waals surface area contributed by atoms with Crippen molar-refractivity contribution in [3.8, 4) is 0 Å². The van der Waals surface area contributed by atoms with E-state index >= 15 is 0 Å². The molecule has 24 heavy (non-hydrogen) atoms. The first kappa shape index (κ1) is 19.2. The summed E-state index contributed by atoms with van der Waals surface area (Å²) in [7, 11) is 3.38. The lowest BCUT2D eigenvalue weighted by Crippen LogP contribution is -2.44. The fourth-order valence-corrected chi connectivity index (χ4v) is 3.81. The zero-order chi connectivity index (χ0) is 17.6. The van der Waals surface area contributed by atoms with Crippen molar-refractivity contribution in [2.45, 2.75) is 57.7 Å². The predicted octanol–water partition coefficient (Wildman–Crippen LogP) is 2.03. The Morgan fingerprint density at radius 3 is 2.21 bits per heavy atom. The highest BCUT2D eigenvalue weighted by molar-refractivity contribution is 5.85. The standard InChI is InChI=1S/C15H25NO3.C3H7NO/c1-2-3-9-16-10-8-14(13(16)17)4-6-15(7-5-14)18-11-12-19-15;1-4(2)3-5/h2-12H2,1H3;3H,1-2H3. The van der Waals surface area contributed by atoms with Crippen LogP contribution in [0.3, 0.4) is 0 Å². The van der Waals surface area contributed by atoms with Crippen molar-refractivity contribution < 1.29 is 19.1 Å². The van der Waals surface area contributed by atoms with Crippen molar-refractivity contribution in [2.75, 3.05) is 40.4 Å². The first-order chi connectivity index (χ1) is 11.5. The highest BCUT2D eigenvalue weighted by atomic mass is 16.7. The topological polar surface area (TPSA) is 59.1 Å². The van der Waals surface area contributed by atoms with Gasteiger partial charge in [-0.25, -0.2) is 0 Å². The van der Waals surface area contributed by atoms with Gasteiger partial charge < -0.3 is 19.3 Å². The van der Waals surface area contributed by atoms with Gasteiger partial charge in [0.2, 0.25) is 12.3 Å². The molecule has 0 atom stereocenters. The quantitative estimate of drug-likeness (QED) is 0.735. The molecule has 0 N–H and O–H groups in total. The van der Waals surface area contributed by atoms with Crippen LogP contribution in [0.2, 0.25) is 0 Å². The fraction of sp³-hybridized carbons (Fsp3) is 0.889. The number of hydrogen-bond acceptors (Lipinski definition) is 4. The Labute approximate surface area is 145 Å². The van der Waals surface area contributed by atoms with E-state index < -0.39 is 0 Å². The molecule has 2 spiro atoms. The van der Waals surface area contributed by atoms with Gasteiger partial charge in [-0.3, -0.25) is 9.59 Å². The lowest BCUT2D eigenvalue weighted by Gasteiger charge is -2.40. The van der Waals surface area contributed by atoms with Crippen LogP contribution in [-0.2, 0) is 19.1 Å². The number of ether oxygens (including phenoxy) is 2. The highest BCUT2D eigenvalue weighted by Gasteiger charge is 2.53. The molecule has 0 aromatic heterocycles. The molecule has 0 bridgehead atoms. The van der Waals surface area contributed by atoms with Gasteiger partial charge >= 0.3 is 0 Å². The molecular weight excluding hydrogens is 308 g/mol. The van der Waals surface area contributed by atoms with Crippen molar-refractivity contribution in [3.05, 3.63) is 0 Å². The third-order valence-corrected chi connectivity index (χ3v) is 5.38. The van der Waals surface area contributed by atoms with E-state index in [-0.39, 0.29) is 11.2 Å². The van der Waals surface area contributed by atoms with Crippen molar-refractivity contribution >= 4 is 12.3 Å². The van der Waals surface area contributed by atoms with E-state index in [0.29, 0.717) is 19.1 Å². The third kappa shape index (κ3) is 4.28. The molecule has 3 aliphatic rings. The molecule has 6 heteroatoms. The van der Waals surface area contributed by atoms with Crippen molar-refractivity contribution in [2.24, 2.45) is 5.41 Å². The Hall–Kier alpha value is -1.14. The largest absolute Gasteiger partial charge is 0.351 e. The maximum absolute atomic E-state index is 12.6. The van der Waals surface area contributed by atoms with E-state index in [1.807, 2.05) is 0 Å². The number of rotatable bonds is 4. The van der Waals surface area contributed by atoms with Crippen LogP contribution in [0.15, 0.2) is 0 Å². The summed E-state index contributed by atoms with van der Waals surface area (Å²) in [6, 6.07) is 0. The SMILES string of the molecule is CCCCN1CCC2(CCC3(CC2)OCCO3)C1=O.CN(C)C=O. The molecule has 2 saturated heterocycles. The zero-order valence-electron chi connectivity index (χ0n) is 15.4. The average molecular weight is 340 g/mol. The Morgan fingerprint density at radius 2 is 1.71 bits per heavy atom. The van der Waals surface area contributed by atoms with Crippen LogP contribution >= 0.6 is 0 Å². The van der Waals surface area contributed by atoms with E-state index in [4.69, 9.17) is 9.47 Å². The average Bonchev–Trinajstić information content (AvgIpc) is 3.16. The van der Waals surface area contributed by atoms with Crippen LogP contribution in [0.4, 0.5) is 0 Å². The summed E-state index contributed by atoms with van der Waals surface area (Å²) in [6.07, 6.45) is 7.72. The predicted molar refractivity (Wildman–Crippen MR) is 91.4 cm³/mol. The lowest BCUT2D eigenvalue weighted by atomic mass is 9.71. The minimum Gasteiger partial charge on any atom is -0.351 e. The van der Waals surface area contributed by atoms with Crippen molar-refractivity contribution in [1.29, 1.82) is 0 Å². The molecule has 6 nitrogen and oxygen atoms in total. The smallest absolute Gasteiger partial charge is 0.228 e. The first-order valence-electron chi connectivity index (χ1n) is 9.16. The molecule has 0 aromatic rings. The number of amides is 2. The molecule has 0 unspecified atom stereocenters. The number of hydrogen-bond donors (Lipinski definition) is 0. The summed E-state index contributed by atoms with van der Waals surface area (Å²) >= 11 is 0. The number of likely N-dealkylation sites (tertiary alicyclic amines) is 1. The number of nitrogens with zero attached hydrogens (tertiary/aromatic N) is 2. The molecule has 0 aromatic carbocycles. The maximum atomic E-state index is 12.6. The van der Waals surface area contributed by atoms with Crippen LogP contribution < -0.4 is 0 Å². The Morgan fingerprint density at radius 1 is 1.12 bits per heavy atom. The van der Waals surface area contributed by atoms with Crippen LogP contribution in [0.5, 0.6) is 0 Å². The summed E-state index contributed by atoms with van der Waals surface area (Å²) in [5.74, 6) is 0.0522. The molecule has 3 fully saturated rings. The first-order valence-corrected chi connectivity index (χ1v) is 9.16. The molecular formula is C18H32N2O4. The van der Waals surface area contributed by atoms with Crippen molar-refractivity contribution in [1.82, 2.24) is 9.80 Å². The summed E-state index contributed by atoms with van der Waals surface area (Å²) in [6.45, 7) is 5.49. The van der Waals surface area contributed by atoms with E-state index in [1.165, 1.54) is 4.90 Å². The van der Waals surface area contributed by atoms with Crippen LogP contribution in [0, 0.1) is 5.41 Å². The van der Waals surface area contributed by atoms with E-state index in [0.717, 1.165) is 64.4 Å². The van der Waals surface area contributed by atoms with E-state index in [2.05, 4.69) is 11.8 Å². The molecule has 3 rings (SSSR count). The van der Waals surface area contributed by atoms with Crippen LogP contribution in [0.25, 0.3) is 0 Å². The summed E-state index contributed by atoms with van der Waals surface area (Å²) < 4.78 is 11.5. The second kappa shape index (κ2) is 8.30. The van der Waals surface area contributed by atoms with Crippen LogP contribution in [-0.4, -0.2) is 68.3 Å². The van der Waals surface area contributed by atoms with E-state index in [9.17, 15) is 9.59 Å². The second-order valence-electron chi connectivity index (χ2n) is 7.35. The molecule has 138 valence electrons. The van der Waals surface area contributed by atoms with Gasteiger partial charge in [0.05, 0.1) is 18.6 Å². The van der Waals surface area contributed by atoms with Gasteiger partial charge in [-0.1, -0.05) is 13.3 Å². The van der Waals surface area contributed by atoms with Gasteiger partial charge in [0.1, 0.15) is 0 Å². The maximum Gasteiger partial charge on any atom is 0.228 e. The fourth-order valence-electron chi connectivity index (χ4n) is 3.81. The minimum atomic E-state index is -0.345. The number of unbranched alkanes of at least 4 members (excludes halogenated alkanes) is 1. The van der Waals surface area contributed by atoms with Gasteiger partial charge in [0.15, 0.2) is 5.79 Å². The summed E-state index contributed by atoms with van der Waals surface area (Å²) in [5, 5.41) is 0. The van der Waals surface area contributed by atoms with E-state index in [1.54, 1.807) is 14.1 Å². The highest BCUT2D eigenvalue weighted by Crippen LogP contribution is 2.49. The van der Waals surface area contributed by atoms with Gasteiger partial charge in [-0.05, 0) is 25.7 Å². The molecule has 1 aliphatic carbocycles. The van der Waals surface area contributed by atoms with Crippen molar-refractivity contribution in [3.63, 3.8) is 0 Å². The third-order valence-electron chi connectivity index (χ3n) is 5.38. The number of carbonyl (C=O) groups is 2. The Balaban J connectivity index is 0.000000368. The Kier molecular flexibility index (Phi) is 6.63.